The lowest BCUT2D eigenvalue weighted by molar-refractivity contribution is 0.616. The van der Waals surface area contributed by atoms with Crippen molar-refractivity contribution < 1.29 is 4.39 Å². The number of halogens is 2. The third-order valence-corrected chi connectivity index (χ3v) is 2.24. The Labute approximate surface area is 85.8 Å². The molecule has 0 fully saturated rings. The van der Waals surface area contributed by atoms with Crippen LogP contribution < -0.4 is 5.32 Å². The Balaban J connectivity index is 2.57. The minimum atomic E-state index is -0.224. The van der Waals surface area contributed by atoms with E-state index in [-0.39, 0.29) is 5.82 Å². The molecule has 0 aromatic heterocycles. The first-order chi connectivity index (χ1) is 6.24. The van der Waals surface area contributed by atoms with E-state index < -0.39 is 0 Å². The summed E-state index contributed by atoms with van der Waals surface area (Å²) in [6.07, 6.45) is 1.77. The second-order valence-electron chi connectivity index (χ2n) is 2.67. The highest BCUT2D eigenvalue weighted by molar-refractivity contribution is 9.10. The molecule has 13 heavy (non-hydrogen) atoms. The maximum atomic E-state index is 13.0. The zero-order valence-electron chi connectivity index (χ0n) is 7.19. The maximum absolute atomic E-state index is 13.0. The molecule has 1 aromatic carbocycles. The van der Waals surface area contributed by atoms with Crippen LogP contribution in [0.15, 0.2) is 35.3 Å². The molecule has 3 heteroatoms. The van der Waals surface area contributed by atoms with Crippen LogP contribution in [0.3, 0.4) is 0 Å². The number of rotatable bonds is 4. The fourth-order valence-corrected chi connectivity index (χ4v) is 1.21. The van der Waals surface area contributed by atoms with Crippen LogP contribution in [0.2, 0.25) is 0 Å². The standard InChI is InChI=1S/C10H11BrFN/c1-2-5-13-7-8-3-4-9(11)10(12)6-8/h2-4,6,13H,1,5,7H2. The molecule has 0 spiro atoms. The molecule has 0 bridgehead atoms. The summed E-state index contributed by atoms with van der Waals surface area (Å²) < 4.78 is 13.5. The van der Waals surface area contributed by atoms with E-state index in [9.17, 15) is 4.39 Å². The molecule has 0 aliphatic carbocycles. The van der Waals surface area contributed by atoms with Crippen LogP contribution in [0.4, 0.5) is 4.39 Å². The predicted molar refractivity (Wildman–Crippen MR) is 56.0 cm³/mol. The van der Waals surface area contributed by atoms with E-state index in [0.717, 1.165) is 12.1 Å². The van der Waals surface area contributed by atoms with Gasteiger partial charge in [-0.2, -0.15) is 0 Å². The molecule has 0 saturated carbocycles. The van der Waals surface area contributed by atoms with E-state index in [0.29, 0.717) is 11.0 Å². The van der Waals surface area contributed by atoms with Gasteiger partial charge in [-0.05, 0) is 33.6 Å². The van der Waals surface area contributed by atoms with Gasteiger partial charge in [-0.25, -0.2) is 4.39 Å². The Hall–Kier alpha value is -0.670. The molecule has 1 aromatic rings. The molecule has 0 radical (unpaired) electrons. The third kappa shape index (κ3) is 3.28. The zero-order chi connectivity index (χ0) is 9.68. The summed E-state index contributed by atoms with van der Waals surface area (Å²) in [6.45, 7) is 4.98. The normalized spacial score (nSPS) is 10.0. The van der Waals surface area contributed by atoms with Crippen LogP contribution in [0.25, 0.3) is 0 Å². The summed E-state index contributed by atoms with van der Waals surface area (Å²) in [5, 5.41) is 3.10. The van der Waals surface area contributed by atoms with Gasteiger partial charge in [-0.3, -0.25) is 0 Å². The number of benzene rings is 1. The van der Waals surface area contributed by atoms with Crippen molar-refractivity contribution >= 4 is 15.9 Å². The Bertz CT molecular complexity index is 299. The molecule has 0 aliphatic heterocycles. The number of hydrogen-bond acceptors (Lipinski definition) is 1. The number of hydrogen-bond donors (Lipinski definition) is 1. The molecule has 1 rings (SSSR count). The minimum absolute atomic E-state index is 0.224. The van der Waals surface area contributed by atoms with E-state index in [1.54, 1.807) is 12.1 Å². The van der Waals surface area contributed by atoms with Gasteiger partial charge >= 0.3 is 0 Å². The van der Waals surface area contributed by atoms with Crippen molar-refractivity contribution in [2.45, 2.75) is 6.54 Å². The van der Waals surface area contributed by atoms with E-state index in [2.05, 4.69) is 27.8 Å². The van der Waals surface area contributed by atoms with Gasteiger partial charge in [0, 0.05) is 13.1 Å². The maximum Gasteiger partial charge on any atom is 0.137 e. The van der Waals surface area contributed by atoms with Gasteiger partial charge in [-0.15, -0.1) is 6.58 Å². The first-order valence-electron chi connectivity index (χ1n) is 3.99. The summed E-state index contributed by atoms with van der Waals surface area (Å²) in [5.41, 5.74) is 0.933. The van der Waals surface area contributed by atoms with Gasteiger partial charge in [-0.1, -0.05) is 12.1 Å². The summed E-state index contributed by atoms with van der Waals surface area (Å²) in [6, 6.07) is 5.10. The van der Waals surface area contributed by atoms with Crippen LogP contribution in [-0.2, 0) is 6.54 Å². The number of nitrogens with one attached hydrogen (secondary N) is 1. The monoisotopic (exact) mass is 243 g/mol. The van der Waals surface area contributed by atoms with Crippen LogP contribution in [-0.4, -0.2) is 6.54 Å². The molecule has 0 amide bonds. The fourth-order valence-electron chi connectivity index (χ4n) is 0.968. The molecule has 1 nitrogen and oxygen atoms in total. The average molecular weight is 244 g/mol. The van der Waals surface area contributed by atoms with Crippen LogP contribution in [0, 0.1) is 5.82 Å². The highest BCUT2D eigenvalue weighted by atomic mass is 79.9. The largest absolute Gasteiger partial charge is 0.309 e. The van der Waals surface area contributed by atoms with E-state index in [4.69, 9.17) is 0 Å². The first-order valence-corrected chi connectivity index (χ1v) is 4.79. The van der Waals surface area contributed by atoms with Crippen LogP contribution in [0.1, 0.15) is 5.56 Å². The van der Waals surface area contributed by atoms with E-state index in [1.165, 1.54) is 6.07 Å². The van der Waals surface area contributed by atoms with Crippen molar-refractivity contribution in [2.75, 3.05) is 6.54 Å². The Kier molecular flexibility index (Phi) is 4.12. The van der Waals surface area contributed by atoms with Crippen LogP contribution >= 0.6 is 15.9 Å². The SMILES string of the molecule is C=CCNCc1ccc(Br)c(F)c1. The average Bonchev–Trinajstić information content (AvgIpc) is 2.12. The van der Waals surface area contributed by atoms with Gasteiger partial charge in [0.2, 0.25) is 0 Å². The summed E-state index contributed by atoms with van der Waals surface area (Å²) in [5.74, 6) is -0.224. The van der Waals surface area contributed by atoms with Gasteiger partial charge in [0.1, 0.15) is 5.82 Å². The minimum Gasteiger partial charge on any atom is -0.309 e. The molecular formula is C10H11BrFN. The summed E-state index contributed by atoms with van der Waals surface area (Å²) >= 11 is 3.10. The van der Waals surface area contributed by atoms with E-state index >= 15 is 0 Å². The zero-order valence-corrected chi connectivity index (χ0v) is 8.77. The van der Waals surface area contributed by atoms with Crippen molar-refractivity contribution in [2.24, 2.45) is 0 Å². The smallest absolute Gasteiger partial charge is 0.137 e. The van der Waals surface area contributed by atoms with E-state index in [1.807, 2.05) is 6.07 Å². The molecular weight excluding hydrogens is 233 g/mol. The van der Waals surface area contributed by atoms with Gasteiger partial charge in [0.15, 0.2) is 0 Å². The predicted octanol–water partition coefficient (Wildman–Crippen LogP) is 2.86. The topological polar surface area (TPSA) is 12.0 Å². The second kappa shape index (κ2) is 5.14. The van der Waals surface area contributed by atoms with Crippen molar-refractivity contribution in [3.63, 3.8) is 0 Å². The van der Waals surface area contributed by atoms with Gasteiger partial charge < -0.3 is 5.32 Å². The summed E-state index contributed by atoms with van der Waals surface area (Å²) in [4.78, 5) is 0. The van der Waals surface area contributed by atoms with Crippen molar-refractivity contribution in [1.82, 2.24) is 5.32 Å². The second-order valence-corrected chi connectivity index (χ2v) is 3.52. The van der Waals surface area contributed by atoms with Crippen molar-refractivity contribution in [3.05, 3.63) is 46.7 Å². The quantitative estimate of drug-likeness (QED) is 0.634. The Morgan fingerprint density at radius 1 is 1.54 bits per heavy atom. The molecule has 0 heterocycles. The molecule has 1 N–H and O–H groups in total. The molecule has 0 atom stereocenters. The first kappa shape index (κ1) is 10.4. The van der Waals surface area contributed by atoms with Gasteiger partial charge in [0.25, 0.3) is 0 Å². The lowest BCUT2D eigenvalue weighted by Gasteiger charge is -2.02. The molecule has 70 valence electrons. The Morgan fingerprint density at radius 2 is 2.31 bits per heavy atom. The molecule has 0 unspecified atom stereocenters. The van der Waals surface area contributed by atoms with Gasteiger partial charge in [0.05, 0.1) is 4.47 Å². The van der Waals surface area contributed by atoms with Crippen molar-refractivity contribution in [1.29, 1.82) is 0 Å². The van der Waals surface area contributed by atoms with Crippen LogP contribution in [0.5, 0.6) is 0 Å². The molecule has 0 aliphatic rings. The lowest BCUT2D eigenvalue weighted by atomic mass is 10.2. The van der Waals surface area contributed by atoms with Crippen molar-refractivity contribution in [3.8, 4) is 0 Å². The summed E-state index contributed by atoms with van der Waals surface area (Å²) in [7, 11) is 0. The molecule has 0 saturated heterocycles. The fraction of sp³-hybridized carbons (Fsp3) is 0.200. The lowest BCUT2D eigenvalue weighted by Crippen LogP contribution is -2.12. The Morgan fingerprint density at radius 3 is 2.92 bits per heavy atom. The highest BCUT2D eigenvalue weighted by Crippen LogP contribution is 2.15. The highest BCUT2D eigenvalue weighted by Gasteiger charge is 1.99. The third-order valence-electron chi connectivity index (χ3n) is 1.60.